The number of benzene rings is 1. The number of aromatic nitrogens is 1. The first-order valence-electron chi connectivity index (χ1n) is 7.64. The molecule has 1 aliphatic heterocycles. The molecular formula is C17H17Cl2N3O2. The molecule has 1 N–H and O–H groups in total. The Morgan fingerprint density at radius 2 is 1.96 bits per heavy atom. The molecule has 0 radical (unpaired) electrons. The van der Waals surface area contributed by atoms with Gasteiger partial charge in [-0.05, 0) is 29.8 Å². The summed E-state index contributed by atoms with van der Waals surface area (Å²) in [5.41, 5.74) is 1.83. The van der Waals surface area contributed by atoms with E-state index in [1.807, 2.05) is 6.07 Å². The van der Waals surface area contributed by atoms with E-state index in [0.717, 1.165) is 37.6 Å². The molecule has 3 rings (SSSR count). The quantitative estimate of drug-likeness (QED) is 0.901. The minimum atomic E-state index is -0.153. The van der Waals surface area contributed by atoms with Crippen molar-refractivity contribution in [1.29, 1.82) is 0 Å². The van der Waals surface area contributed by atoms with Crippen LogP contribution in [0.1, 0.15) is 5.56 Å². The van der Waals surface area contributed by atoms with Crippen LogP contribution in [0.2, 0.25) is 10.0 Å². The summed E-state index contributed by atoms with van der Waals surface area (Å²) in [5.74, 6) is 0.372. The number of nitrogens with zero attached hydrogens (tertiary/aromatic N) is 2. The minimum absolute atomic E-state index is 0.153. The van der Waals surface area contributed by atoms with E-state index in [0.29, 0.717) is 15.9 Å². The van der Waals surface area contributed by atoms with E-state index in [4.69, 9.17) is 27.9 Å². The molecule has 2 aromatic rings. The number of hydrogen-bond donors (Lipinski definition) is 1. The van der Waals surface area contributed by atoms with Gasteiger partial charge in [-0.15, -0.1) is 0 Å². The molecule has 1 aliphatic rings. The lowest BCUT2D eigenvalue weighted by Gasteiger charge is -2.28. The van der Waals surface area contributed by atoms with Crippen LogP contribution in [0.15, 0.2) is 36.5 Å². The zero-order valence-corrected chi connectivity index (χ0v) is 14.5. The van der Waals surface area contributed by atoms with E-state index >= 15 is 0 Å². The summed E-state index contributed by atoms with van der Waals surface area (Å²) in [4.78, 5) is 18.6. The lowest BCUT2D eigenvalue weighted by atomic mass is 10.1. The normalized spacial score (nSPS) is 14.5. The molecule has 7 heteroatoms. The predicted octanol–water partition coefficient (Wildman–Crippen LogP) is 3.41. The molecule has 1 amide bonds. The van der Waals surface area contributed by atoms with Gasteiger partial charge in [-0.2, -0.15) is 0 Å². The lowest BCUT2D eigenvalue weighted by Crippen LogP contribution is -2.36. The number of carbonyl (C=O) groups is 1. The Hall–Kier alpha value is -1.82. The molecule has 1 aromatic heterocycles. The maximum atomic E-state index is 12.1. The smallest absolute Gasteiger partial charge is 0.229 e. The molecule has 5 nitrogen and oxygen atoms in total. The van der Waals surface area contributed by atoms with Gasteiger partial charge >= 0.3 is 0 Å². The SMILES string of the molecule is O=C(Cc1ccc(Cl)c(Cl)c1)Nc1ccc(N2CCOCC2)cn1. The number of pyridine rings is 1. The molecule has 0 unspecified atom stereocenters. The standard InChI is InChI=1S/C17H17Cl2N3O2/c18-14-3-1-12(9-15(14)19)10-17(23)21-16-4-2-13(11-20-16)22-5-7-24-8-6-22/h1-4,9,11H,5-8,10H2,(H,20,21,23). The molecule has 0 saturated carbocycles. The third-order valence-corrected chi connectivity index (χ3v) is 4.48. The fourth-order valence-corrected chi connectivity index (χ4v) is 2.81. The number of carbonyl (C=O) groups excluding carboxylic acids is 1. The monoisotopic (exact) mass is 365 g/mol. The highest BCUT2D eigenvalue weighted by atomic mass is 35.5. The number of anilines is 2. The zero-order valence-electron chi connectivity index (χ0n) is 13.0. The highest BCUT2D eigenvalue weighted by Crippen LogP contribution is 2.23. The Morgan fingerprint density at radius 3 is 2.62 bits per heavy atom. The summed E-state index contributed by atoms with van der Waals surface area (Å²) in [6, 6.07) is 8.91. The van der Waals surface area contributed by atoms with Crippen LogP contribution in [0.5, 0.6) is 0 Å². The van der Waals surface area contributed by atoms with Gasteiger partial charge in [0, 0.05) is 13.1 Å². The summed E-state index contributed by atoms with van der Waals surface area (Å²) >= 11 is 11.8. The number of rotatable bonds is 4. The number of nitrogens with one attached hydrogen (secondary N) is 1. The predicted molar refractivity (Wildman–Crippen MR) is 96.1 cm³/mol. The zero-order chi connectivity index (χ0) is 16.9. The van der Waals surface area contributed by atoms with Gasteiger partial charge < -0.3 is 15.0 Å². The molecule has 0 spiro atoms. The number of halogens is 2. The van der Waals surface area contributed by atoms with Crippen molar-refractivity contribution in [3.8, 4) is 0 Å². The first-order chi connectivity index (χ1) is 11.6. The van der Waals surface area contributed by atoms with Crippen molar-refractivity contribution < 1.29 is 9.53 Å². The van der Waals surface area contributed by atoms with Crippen LogP contribution in [0.25, 0.3) is 0 Å². The van der Waals surface area contributed by atoms with Crippen LogP contribution in [0, 0.1) is 0 Å². The summed E-state index contributed by atoms with van der Waals surface area (Å²) in [7, 11) is 0. The Bertz CT molecular complexity index is 716. The number of hydrogen-bond acceptors (Lipinski definition) is 4. The average molecular weight is 366 g/mol. The van der Waals surface area contributed by atoms with Crippen molar-refractivity contribution in [2.24, 2.45) is 0 Å². The molecule has 1 saturated heterocycles. The molecule has 1 fully saturated rings. The second-order valence-electron chi connectivity index (χ2n) is 5.47. The van der Waals surface area contributed by atoms with E-state index in [9.17, 15) is 4.79 Å². The highest BCUT2D eigenvalue weighted by Gasteiger charge is 2.12. The van der Waals surface area contributed by atoms with Gasteiger partial charge in [-0.25, -0.2) is 4.98 Å². The van der Waals surface area contributed by atoms with Gasteiger partial charge in [0.25, 0.3) is 0 Å². The van der Waals surface area contributed by atoms with Gasteiger partial charge in [0.15, 0.2) is 0 Å². The first-order valence-corrected chi connectivity index (χ1v) is 8.40. The number of amides is 1. The van der Waals surface area contributed by atoms with Crippen LogP contribution in [-0.4, -0.2) is 37.2 Å². The van der Waals surface area contributed by atoms with E-state index in [-0.39, 0.29) is 12.3 Å². The van der Waals surface area contributed by atoms with Gasteiger partial charge in [0.05, 0.1) is 41.6 Å². The maximum absolute atomic E-state index is 12.1. The fourth-order valence-electron chi connectivity index (χ4n) is 2.49. The lowest BCUT2D eigenvalue weighted by molar-refractivity contribution is -0.115. The Morgan fingerprint density at radius 1 is 1.17 bits per heavy atom. The molecule has 0 atom stereocenters. The summed E-state index contributed by atoms with van der Waals surface area (Å²) in [6.45, 7) is 3.15. The molecule has 2 heterocycles. The molecule has 24 heavy (non-hydrogen) atoms. The topological polar surface area (TPSA) is 54.5 Å². The van der Waals surface area contributed by atoms with Gasteiger partial charge in [0.2, 0.25) is 5.91 Å². The number of ether oxygens (including phenoxy) is 1. The Kier molecular flexibility index (Phi) is 5.56. The van der Waals surface area contributed by atoms with E-state index < -0.39 is 0 Å². The van der Waals surface area contributed by atoms with Crippen LogP contribution < -0.4 is 10.2 Å². The Balaban J connectivity index is 1.58. The molecule has 126 valence electrons. The summed E-state index contributed by atoms with van der Waals surface area (Å²) in [5, 5.41) is 3.70. The maximum Gasteiger partial charge on any atom is 0.229 e. The fraction of sp³-hybridized carbons (Fsp3) is 0.294. The third-order valence-electron chi connectivity index (χ3n) is 3.74. The van der Waals surface area contributed by atoms with Gasteiger partial charge in [-0.3, -0.25) is 4.79 Å². The van der Waals surface area contributed by atoms with Crippen molar-refractivity contribution in [2.45, 2.75) is 6.42 Å². The van der Waals surface area contributed by atoms with E-state index in [1.165, 1.54) is 0 Å². The minimum Gasteiger partial charge on any atom is -0.378 e. The van der Waals surface area contributed by atoms with Crippen LogP contribution in [-0.2, 0) is 16.0 Å². The van der Waals surface area contributed by atoms with Crippen LogP contribution in [0.3, 0.4) is 0 Å². The summed E-state index contributed by atoms with van der Waals surface area (Å²) in [6.07, 6.45) is 1.98. The second kappa shape index (κ2) is 7.83. The highest BCUT2D eigenvalue weighted by molar-refractivity contribution is 6.42. The van der Waals surface area contributed by atoms with Crippen molar-refractivity contribution in [3.05, 3.63) is 52.1 Å². The largest absolute Gasteiger partial charge is 0.378 e. The van der Waals surface area contributed by atoms with Crippen molar-refractivity contribution in [2.75, 3.05) is 36.5 Å². The summed E-state index contributed by atoms with van der Waals surface area (Å²) < 4.78 is 5.33. The van der Waals surface area contributed by atoms with Gasteiger partial charge in [-0.1, -0.05) is 29.3 Å². The van der Waals surface area contributed by atoms with E-state index in [2.05, 4.69) is 15.2 Å². The molecule has 0 bridgehead atoms. The van der Waals surface area contributed by atoms with Crippen LogP contribution >= 0.6 is 23.2 Å². The Labute approximate surface area is 150 Å². The number of morpholine rings is 1. The first kappa shape index (κ1) is 17.0. The van der Waals surface area contributed by atoms with Gasteiger partial charge in [0.1, 0.15) is 5.82 Å². The van der Waals surface area contributed by atoms with Crippen LogP contribution in [0.4, 0.5) is 11.5 Å². The molecule has 1 aromatic carbocycles. The molecule has 0 aliphatic carbocycles. The van der Waals surface area contributed by atoms with Crippen molar-refractivity contribution in [3.63, 3.8) is 0 Å². The van der Waals surface area contributed by atoms with E-state index in [1.54, 1.807) is 30.5 Å². The average Bonchev–Trinajstić information content (AvgIpc) is 2.59. The third kappa shape index (κ3) is 4.38. The van der Waals surface area contributed by atoms with Crippen molar-refractivity contribution in [1.82, 2.24) is 4.98 Å². The van der Waals surface area contributed by atoms with Crippen molar-refractivity contribution >= 4 is 40.6 Å². The molecular weight excluding hydrogens is 349 g/mol. The second-order valence-corrected chi connectivity index (χ2v) is 6.29.